The van der Waals surface area contributed by atoms with Gasteiger partial charge in [0.2, 0.25) is 5.91 Å². The molecule has 0 bridgehead atoms. The average Bonchev–Trinajstić information content (AvgIpc) is 3.20. The summed E-state index contributed by atoms with van der Waals surface area (Å²) < 4.78 is 0. The van der Waals surface area contributed by atoms with Crippen LogP contribution in [0, 0.1) is 5.92 Å². The fourth-order valence-electron chi connectivity index (χ4n) is 2.51. The third-order valence-electron chi connectivity index (χ3n) is 4.05. The number of piperidine rings is 1. The van der Waals surface area contributed by atoms with Crippen LogP contribution in [0.2, 0.25) is 0 Å². The Labute approximate surface area is 108 Å². The molecule has 102 valence electrons. The van der Waals surface area contributed by atoms with Crippen LogP contribution in [0.1, 0.15) is 39.5 Å². The van der Waals surface area contributed by atoms with Crippen LogP contribution < -0.4 is 5.32 Å². The maximum Gasteiger partial charge on any atom is 0.237 e. The number of hydrogen-bond donors (Lipinski definition) is 2. The molecule has 18 heavy (non-hydrogen) atoms. The van der Waals surface area contributed by atoms with E-state index in [0.29, 0.717) is 6.04 Å². The van der Waals surface area contributed by atoms with Crippen molar-refractivity contribution in [3.8, 4) is 0 Å². The molecule has 2 fully saturated rings. The normalized spacial score (nSPS) is 29.2. The van der Waals surface area contributed by atoms with Crippen molar-refractivity contribution in [3.05, 3.63) is 0 Å². The lowest BCUT2D eigenvalue weighted by Gasteiger charge is -2.36. The lowest BCUT2D eigenvalue weighted by molar-refractivity contribution is -0.126. The van der Waals surface area contributed by atoms with Crippen LogP contribution in [0.5, 0.6) is 0 Å². The fraction of sp³-hybridized carbons (Fsp3) is 0.846. The standard InChI is InChI=1S/C13H23N3O2/c1-3-10-8-16(7-6-12(10)15-18)9(2)13(17)14-11-4-5-11/h9-11,18H,3-8H2,1-2H3,(H,14,17). The van der Waals surface area contributed by atoms with Gasteiger partial charge in [-0.2, -0.15) is 0 Å². The molecular weight excluding hydrogens is 230 g/mol. The van der Waals surface area contributed by atoms with Gasteiger partial charge in [-0.25, -0.2) is 0 Å². The Bertz CT molecular complexity index is 339. The van der Waals surface area contributed by atoms with Gasteiger partial charge in [-0.05, 0) is 26.2 Å². The number of oxime groups is 1. The van der Waals surface area contributed by atoms with Crippen LogP contribution >= 0.6 is 0 Å². The largest absolute Gasteiger partial charge is 0.411 e. The lowest BCUT2D eigenvalue weighted by atomic mass is 9.92. The molecule has 5 nitrogen and oxygen atoms in total. The van der Waals surface area contributed by atoms with E-state index in [-0.39, 0.29) is 17.9 Å². The Morgan fingerprint density at radius 1 is 1.61 bits per heavy atom. The number of hydrogen-bond acceptors (Lipinski definition) is 4. The molecule has 2 unspecified atom stereocenters. The smallest absolute Gasteiger partial charge is 0.237 e. The van der Waals surface area contributed by atoms with Crippen molar-refractivity contribution in [2.45, 2.75) is 51.6 Å². The first-order valence-electron chi connectivity index (χ1n) is 6.91. The van der Waals surface area contributed by atoms with Gasteiger partial charge in [-0.1, -0.05) is 12.1 Å². The number of carbonyl (C=O) groups is 1. The van der Waals surface area contributed by atoms with Gasteiger partial charge in [0.25, 0.3) is 0 Å². The van der Waals surface area contributed by atoms with Gasteiger partial charge in [-0.15, -0.1) is 0 Å². The summed E-state index contributed by atoms with van der Waals surface area (Å²) >= 11 is 0. The highest BCUT2D eigenvalue weighted by molar-refractivity contribution is 5.88. The minimum absolute atomic E-state index is 0.0834. The second-order valence-corrected chi connectivity index (χ2v) is 5.40. The zero-order valence-electron chi connectivity index (χ0n) is 11.2. The quantitative estimate of drug-likeness (QED) is 0.585. The summed E-state index contributed by atoms with van der Waals surface area (Å²) in [7, 11) is 0. The predicted molar refractivity (Wildman–Crippen MR) is 69.8 cm³/mol. The van der Waals surface area contributed by atoms with Gasteiger partial charge < -0.3 is 10.5 Å². The van der Waals surface area contributed by atoms with Crippen LogP contribution in [0.15, 0.2) is 5.16 Å². The second-order valence-electron chi connectivity index (χ2n) is 5.40. The zero-order valence-corrected chi connectivity index (χ0v) is 11.2. The van der Waals surface area contributed by atoms with E-state index < -0.39 is 0 Å². The molecule has 1 aliphatic carbocycles. The van der Waals surface area contributed by atoms with Crippen LogP contribution in [0.25, 0.3) is 0 Å². The first-order chi connectivity index (χ1) is 8.65. The van der Waals surface area contributed by atoms with E-state index in [1.165, 1.54) is 0 Å². The molecule has 1 heterocycles. The van der Waals surface area contributed by atoms with E-state index in [1.807, 2.05) is 6.92 Å². The van der Waals surface area contributed by atoms with Crippen molar-refractivity contribution in [2.75, 3.05) is 13.1 Å². The number of likely N-dealkylation sites (tertiary alicyclic amines) is 1. The van der Waals surface area contributed by atoms with E-state index in [4.69, 9.17) is 5.21 Å². The number of amides is 1. The van der Waals surface area contributed by atoms with Gasteiger partial charge in [0.1, 0.15) is 0 Å². The van der Waals surface area contributed by atoms with Crippen molar-refractivity contribution >= 4 is 11.6 Å². The molecule has 1 saturated carbocycles. The molecule has 5 heteroatoms. The van der Waals surface area contributed by atoms with E-state index in [9.17, 15) is 4.79 Å². The van der Waals surface area contributed by atoms with Crippen molar-refractivity contribution < 1.29 is 10.0 Å². The highest BCUT2D eigenvalue weighted by atomic mass is 16.4. The number of nitrogens with one attached hydrogen (secondary N) is 1. The first-order valence-corrected chi connectivity index (χ1v) is 6.91. The van der Waals surface area contributed by atoms with Crippen LogP contribution in [-0.2, 0) is 4.79 Å². The molecule has 0 aromatic rings. The Balaban J connectivity index is 1.90. The van der Waals surface area contributed by atoms with Crippen molar-refractivity contribution in [1.82, 2.24) is 10.2 Å². The third kappa shape index (κ3) is 3.02. The summed E-state index contributed by atoms with van der Waals surface area (Å²) in [5.41, 5.74) is 0.878. The molecule has 0 aromatic heterocycles. The molecule has 2 atom stereocenters. The number of rotatable bonds is 4. The second kappa shape index (κ2) is 5.69. The molecule has 1 amide bonds. The third-order valence-corrected chi connectivity index (χ3v) is 4.05. The van der Waals surface area contributed by atoms with E-state index >= 15 is 0 Å². The monoisotopic (exact) mass is 253 g/mol. The van der Waals surface area contributed by atoms with Gasteiger partial charge in [-0.3, -0.25) is 9.69 Å². The van der Waals surface area contributed by atoms with Gasteiger partial charge in [0, 0.05) is 31.5 Å². The van der Waals surface area contributed by atoms with Gasteiger partial charge in [0.15, 0.2) is 0 Å². The SMILES string of the molecule is CCC1CN(C(C)C(=O)NC2CC2)CCC1=NO. The molecule has 1 saturated heterocycles. The molecule has 0 radical (unpaired) electrons. The molecule has 0 spiro atoms. The number of carbonyl (C=O) groups excluding carboxylic acids is 1. The van der Waals surface area contributed by atoms with Crippen molar-refractivity contribution in [2.24, 2.45) is 11.1 Å². The zero-order chi connectivity index (χ0) is 13.1. The minimum Gasteiger partial charge on any atom is -0.411 e. The predicted octanol–water partition coefficient (Wildman–Crippen LogP) is 1.22. The fourth-order valence-corrected chi connectivity index (χ4v) is 2.51. The van der Waals surface area contributed by atoms with Crippen LogP contribution in [0.4, 0.5) is 0 Å². The maximum atomic E-state index is 12.0. The van der Waals surface area contributed by atoms with Crippen LogP contribution in [0.3, 0.4) is 0 Å². The Hall–Kier alpha value is -1.10. The molecule has 2 rings (SSSR count). The molecule has 2 N–H and O–H groups in total. The van der Waals surface area contributed by atoms with E-state index in [1.54, 1.807) is 0 Å². The summed E-state index contributed by atoms with van der Waals surface area (Å²) in [6.07, 6.45) is 3.96. The Kier molecular flexibility index (Phi) is 4.22. The Morgan fingerprint density at radius 2 is 2.33 bits per heavy atom. The first kappa shape index (κ1) is 13.3. The summed E-state index contributed by atoms with van der Waals surface area (Å²) in [5, 5.41) is 15.4. The average molecular weight is 253 g/mol. The highest BCUT2D eigenvalue weighted by Crippen LogP contribution is 2.21. The number of nitrogens with zero attached hydrogens (tertiary/aromatic N) is 2. The minimum atomic E-state index is -0.0834. The van der Waals surface area contributed by atoms with Gasteiger partial charge >= 0.3 is 0 Å². The van der Waals surface area contributed by atoms with E-state index in [0.717, 1.165) is 44.5 Å². The summed E-state index contributed by atoms with van der Waals surface area (Å²) in [6.45, 7) is 5.67. The van der Waals surface area contributed by atoms with Gasteiger partial charge in [0.05, 0.1) is 11.8 Å². The topological polar surface area (TPSA) is 64.9 Å². The maximum absolute atomic E-state index is 12.0. The summed E-state index contributed by atoms with van der Waals surface area (Å²) in [6, 6.07) is 0.334. The molecule has 0 aromatic carbocycles. The molecule has 1 aliphatic heterocycles. The Morgan fingerprint density at radius 3 is 2.89 bits per heavy atom. The molecular formula is C13H23N3O2. The van der Waals surface area contributed by atoms with Crippen molar-refractivity contribution in [1.29, 1.82) is 0 Å². The van der Waals surface area contributed by atoms with E-state index in [2.05, 4.69) is 22.3 Å². The molecule has 2 aliphatic rings. The summed E-state index contributed by atoms with van der Waals surface area (Å²) in [4.78, 5) is 14.2. The highest BCUT2D eigenvalue weighted by Gasteiger charge is 2.32. The van der Waals surface area contributed by atoms with Crippen molar-refractivity contribution in [3.63, 3.8) is 0 Å². The van der Waals surface area contributed by atoms with Crippen LogP contribution in [-0.4, -0.2) is 46.9 Å². The summed E-state index contributed by atoms with van der Waals surface area (Å²) in [5.74, 6) is 0.414. The lowest BCUT2D eigenvalue weighted by Crippen LogP contribution is -2.51.